The Balaban J connectivity index is 1.94. The van der Waals surface area contributed by atoms with Gasteiger partial charge in [-0.1, -0.05) is 12.1 Å². The summed E-state index contributed by atoms with van der Waals surface area (Å²) < 4.78 is 29.9. The number of ether oxygens (including phenoxy) is 1. The van der Waals surface area contributed by atoms with Crippen molar-refractivity contribution in [3.8, 4) is 0 Å². The minimum absolute atomic E-state index is 0.108. The van der Waals surface area contributed by atoms with E-state index in [0.717, 1.165) is 26.1 Å². The Morgan fingerprint density at radius 2 is 2.10 bits per heavy atom. The normalized spacial score (nSPS) is 16.8. The predicted octanol–water partition coefficient (Wildman–Crippen LogP) is 1.66. The van der Waals surface area contributed by atoms with Crippen LogP contribution < -0.4 is 5.73 Å². The number of nitrogens with one attached hydrogen (secondary N) is 1. The third-order valence-corrected chi connectivity index (χ3v) is 6.73. The van der Waals surface area contributed by atoms with Crippen molar-refractivity contribution in [1.29, 1.82) is 5.41 Å². The van der Waals surface area contributed by atoms with E-state index in [4.69, 9.17) is 15.9 Å². The molecule has 1 heterocycles. The fraction of sp³-hybridized carbons (Fsp3) is 0.500. The van der Waals surface area contributed by atoms with Crippen molar-refractivity contribution in [2.24, 2.45) is 5.73 Å². The highest BCUT2D eigenvalue weighted by molar-refractivity contribution is 8.01. The summed E-state index contributed by atoms with van der Waals surface area (Å²) in [5.41, 5.74) is 5.83. The molecule has 1 aromatic rings. The van der Waals surface area contributed by atoms with E-state index in [1.54, 1.807) is 30.0 Å². The Kier molecular flexibility index (Phi) is 5.66. The topological polar surface area (TPSA) is 93.2 Å². The van der Waals surface area contributed by atoms with Gasteiger partial charge in [-0.25, -0.2) is 8.42 Å². The van der Waals surface area contributed by atoms with E-state index in [0.29, 0.717) is 16.6 Å². The molecule has 0 bridgehead atoms. The first kappa shape index (κ1) is 16.3. The van der Waals surface area contributed by atoms with E-state index in [2.05, 4.69) is 0 Å². The molecule has 0 radical (unpaired) electrons. The highest BCUT2D eigenvalue weighted by Crippen LogP contribution is 2.23. The van der Waals surface area contributed by atoms with Gasteiger partial charge in [-0.2, -0.15) is 11.8 Å². The second-order valence-corrected chi connectivity index (χ2v) is 8.46. The van der Waals surface area contributed by atoms with E-state index < -0.39 is 9.84 Å². The third-order valence-electron chi connectivity index (χ3n) is 3.38. The van der Waals surface area contributed by atoms with Crippen LogP contribution in [0.3, 0.4) is 0 Å². The lowest BCUT2D eigenvalue weighted by molar-refractivity contribution is 0.100. The van der Waals surface area contributed by atoms with Crippen LogP contribution in [-0.4, -0.2) is 44.2 Å². The molecular weight excluding hydrogens is 308 g/mol. The van der Waals surface area contributed by atoms with E-state index in [9.17, 15) is 8.42 Å². The largest absolute Gasteiger partial charge is 0.384 e. The van der Waals surface area contributed by atoms with Crippen LogP contribution in [0.4, 0.5) is 0 Å². The van der Waals surface area contributed by atoms with Crippen molar-refractivity contribution in [2.45, 2.75) is 23.0 Å². The number of hydrogen-bond acceptors (Lipinski definition) is 5. The number of thioether (sulfide) groups is 1. The third kappa shape index (κ3) is 4.72. The molecule has 5 nitrogen and oxygen atoms in total. The number of hydrogen-bond donors (Lipinski definition) is 2. The fourth-order valence-electron chi connectivity index (χ4n) is 2.14. The van der Waals surface area contributed by atoms with Crippen LogP contribution in [-0.2, 0) is 14.6 Å². The molecule has 0 aliphatic carbocycles. The van der Waals surface area contributed by atoms with Crippen LogP contribution in [0, 0.1) is 5.41 Å². The number of sulfone groups is 1. The van der Waals surface area contributed by atoms with Crippen molar-refractivity contribution in [3.05, 3.63) is 29.8 Å². The minimum atomic E-state index is -3.32. The van der Waals surface area contributed by atoms with Crippen LogP contribution in [0.2, 0.25) is 0 Å². The van der Waals surface area contributed by atoms with Gasteiger partial charge in [0.2, 0.25) is 0 Å². The highest BCUT2D eigenvalue weighted by Gasteiger charge is 2.18. The van der Waals surface area contributed by atoms with Crippen LogP contribution in [0.1, 0.15) is 18.4 Å². The Hall–Kier alpha value is -1.05. The molecule has 1 aliphatic heterocycles. The molecule has 0 aromatic heterocycles. The molecule has 0 unspecified atom stereocenters. The summed E-state index contributed by atoms with van der Waals surface area (Å²) in [5, 5.41) is 7.87. The number of nitrogens with two attached hydrogens (primary N) is 1. The zero-order valence-corrected chi connectivity index (χ0v) is 13.4. The average molecular weight is 328 g/mol. The molecule has 1 aliphatic rings. The predicted molar refractivity (Wildman–Crippen MR) is 85.8 cm³/mol. The second-order valence-electron chi connectivity index (χ2n) is 4.94. The second kappa shape index (κ2) is 7.29. The lowest BCUT2D eigenvalue weighted by Crippen LogP contribution is -2.19. The van der Waals surface area contributed by atoms with Crippen molar-refractivity contribution in [2.75, 3.05) is 24.7 Å². The first-order valence-corrected chi connectivity index (χ1v) is 9.56. The molecule has 0 saturated carbocycles. The van der Waals surface area contributed by atoms with Gasteiger partial charge in [0.05, 0.1) is 10.6 Å². The Labute approximate surface area is 129 Å². The summed E-state index contributed by atoms with van der Waals surface area (Å²) in [4.78, 5) is 0.239. The molecule has 1 saturated heterocycles. The van der Waals surface area contributed by atoms with E-state index >= 15 is 0 Å². The average Bonchev–Trinajstić information content (AvgIpc) is 2.48. The molecule has 7 heteroatoms. The van der Waals surface area contributed by atoms with Crippen LogP contribution in [0.15, 0.2) is 29.2 Å². The quantitative estimate of drug-likeness (QED) is 0.612. The van der Waals surface area contributed by atoms with Crippen LogP contribution in [0.5, 0.6) is 0 Å². The molecular formula is C14H20N2O3S2. The summed E-state index contributed by atoms with van der Waals surface area (Å²) in [5.74, 6) is 0.567. The standard InChI is InChI=1S/C14H20N2O3S2/c15-14(16)11-2-1-3-13(10-11)21(17,18)9-8-20-12-4-6-19-7-5-12/h1-3,10,12H,4-9H2,(H3,15,16). The van der Waals surface area contributed by atoms with Crippen molar-refractivity contribution in [1.82, 2.24) is 0 Å². The van der Waals surface area contributed by atoms with Gasteiger partial charge in [0.1, 0.15) is 5.84 Å². The van der Waals surface area contributed by atoms with Gasteiger partial charge in [0, 0.05) is 29.8 Å². The SMILES string of the molecule is N=C(N)c1cccc(S(=O)(=O)CCSC2CCOCC2)c1. The number of nitrogen functional groups attached to an aromatic ring is 1. The molecule has 0 atom stereocenters. The lowest BCUT2D eigenvalue weighted by Gasteiger charge is -2.21. The highest BCUT2D eigenvalue weighted by atomic mass is 32.2. The molecule has 2 rings (SSSR count). The number of amidine groups is 1. The monoisotopic (exact) mass is 328 g/mol. The van der Waals surface area contributed by atoms with E-state index in [-0.39, 0.29) is 16.5 Å². The van der Waals surface area contributed by atoms with Gasteiger partial charge >= 0.3 is 0 Å². The maximum atomic E-state index is 12.3. The van der Waals surface area contributed by atoms with Gasteiger partial charge in [-0.15, -0.1) is 0 Å². The maximum absolute atomic E-state index is 12.3. The minimum Gasteiger partial charge on any atom is -0.384 e. The summed E-state index contributed by atoms with van der Waals surface area (Å²) in [6, 6.07) is 6.28. The molecule has 1 aromatic carbocycles. The zero-order valence-electron chi connectivity index (χ0n) is 11.7. The number of benzene rings is 1. The first-order valence-electron chi connectivity index (χ1n) is 6.85. The molecule has 116 valence electrons. The van der Waals surface area contributed by atoms with E-state index in [1.165, 1.54) is 6.07 Å². The fourth-order valence-corrected chi connectivity index (χ4v) is 5.09. The first-order chi connectivity index (χ1) is 9.99. The summed E-state index contributed by atoms with van der Waals surface area (Å²) >= 11 is 1.70. The lowest BCUT2D eigenvalue weighted by atomic mass is 10.2. The van der Waals surface area contributed by atoms with Crippen molar-refractivity contribution >= 4 is 27.4 Å². The number of rotatable bonds is 6. The van der Waals surface area contributed by atoms with Gasteiger partial charge in [0.25, 0.3) is 0 Å². The molecule has 21 heavy (non-hydrogen) atoms. The van der Waals surface area contributed by atoms with Gasteiger partial charge in [-0.3, -0.25) is 5.41 Å². The van der Waals surface area contributed by atoms with Gasteiger partial charge < -0.3 is 10.5 Å². The van der Waals surface area contributed by atoms with Crippen LogP contribution in [0.25, 0.3) is 0 Å². The van der Waals surface area contributed by atoms with E-state index in [1.807, 2.05) is 0 Å². The molecule has 1 fully saturated rings. The van der Waals surface area contributed by atoms with Crippen molar-refractivity contribution < 1.29 is 13.2 Å². The van der Waals surface area contributed by atoms with Gasteiger partial charge in [-0.05, 0) is 25.0 Å². The molecule has 3 N–H and O–H groups in total. The molecule has 0 spiro atoms. The molecule has 0 amide bonds. The summed E-state index contributed by atoms with van der Waals surface area (Å²) in [6.45, 7) is 1.54. The zero-order chi connectivity index (χ0) is 15.3. The maximum Gasteiger partial charge on any atom is 0.179 e. The van der Waals surface area contributed by atoms with Crippen LogP contribution >= 0.6 is 11.8 Å². The summed E-state index contributed by atoms with van der Waals surface area (Å²) in [7, 11) is -3.32. The van der Waals surface area contributed by atoms with Gasteiger partial charge in [0.15, 0.2) is 9.84 Å². The Morgan fingerprint density at radius 3 is 2.76 bits per heavy atom. The van der Waals surface area contributed by atoms with Crippen molar-refractivity contribution in [3.63, 3.8) is 0 Å². The smallest absolute Gasteiger partial charge is 0.179 e. The summed E-state index contributed by atoms with van der Waals surface area (Å²) in [6.07, 6.45) is 1.98. The Bertz CT molecular complexity index is 596. The Morgan fingerprint density at radius 1 is 1.38 bits per heavy atom.